The average molecular weight is 367 g/mol. The molecule has 2 aromatic carbocycles. The number of nitrogens with zero attached hydrogens (tertiary/aromatic N) is 1. The van der Waals surface area contributed by atoms with Crippen LogP contribution >= 0.6 is 11.6 Å². The van der Waals surface area contributed by atoms with Gasteiger partial charge in [-0.3, -0.25) is 0 Å². The first kappa shape index (κ1) is 16.6. The Hall–Kier alpha value is -2.85. The standard InChI is InChI=1S/C21H16ClFN2O/c1-25(2)14-5-7-16-20(11-14)26-19-10-13(24)4-6-15(19)21(16)12-3-8-18(23)17(22)9-12/h3-11,24H,1-2H3. The van der Waals surface area contributed by atoms with Crippen LogP contribution in [0.25, 0.3) is 33.4 Å². The molecule has 130 valence electrons. The van der Waals surface area contributed by atoms with Crippen LogP contribution in [-0.2, 0) is 0 Å². The maximum Gasteiger partial charge on any atom is 0.141 e. The number of hydrogen-bond acceptors (Lipinski definition) is 3. The van der Waals surface area contributed by atoms with Gasteiger partial charge in [0.1, 0.15) is 17.2 Å². The third-order valence-corrected chi connectivity index (χ3v) is 4.72. The summed E-state index contributed by atoms with van der Waals surface area (Å²) in [5.41, 5.74) is 4.27. The summed E-state index contributed by atoms with van der Waals surface area (Å²) in [6.45, 7) is 0. The Bertz CT molecular complexity index is 1170. The van der Waals surface area contributed by atoms with Crippen molar-refractivity contribution in [2.75, 3.05) is 19.0 Å². The lowest BCUT2D eigenvalue weighted by molar-refractivity contribution is 0.619. The minimum absolute atomic E-state index is 0.0756. The lowest BCUT2D eigenvalue weighted by atomic mass is 9.93. The van der Waals surface area contributed by atoms with Gasteiger partial charge in [-0.05, 0) is 42.0 Å². The molecule has 26 heavy (non-hydrogen) atoms. The van der Waals surface area contributed by atoms with Crippen LogP contribution < -0.4 is 10.3 Å². The zero-order chi connectivity index (χ0) is 18.4. The van der Waals surface area contributed by atoms with Crippen molar-refractivity contribution in [3.05, 3.63) is 70.8 Å². The van der Waals surface area contributed by atoms with Crippen LogP contribution in [0.2, 0.25) is 5.02 Å². The van der Waals surface area contributed by atoms with Gasteiger partial charge in [0.05, 0.1) is 10.4 Å². The summed E-state index contributed by atoms with van der Waals surface area (Å²) in [7, 11) is 3.93. The maximum atomic E-state index is 13.7. The zero-order valence-corrected chi connectivity index (χ0v) is 15.1. The van der Waals surface area contributed by atoms with E-state index in [0.29, 0.717) is 16.7 Å². The molecule has 3 nitrogen and oxygen atoms in total. The first-order chi connectivity index (χ1) is 12.4. The van der Waals surface area contributed by atoms with Crippen LogP contribution in [0.4, 0.5) is 10.1 Å². The van der Waals surface area contributed by atoms with Crippen LogP contribution in [0.5, 0.6) is 0 Å². The molecular formula is C21H16ClFN2O. The first-order valence-electron chi connectivity index (χ1n) is 8.12. The van der Waals surface area contributed by atoms with E-state index in [-0.39, 0.29) is 5.02 Å². The Morgan fingerprint density at radius 3 is 2.54 bits per heavy atom. The lowest BCUT2D eigenvalue weighted by Gasteiger charge is -2.18. The Labute approximate surface area is 155 Å². The molecule has 1 heterocycles. The maximum absolute atomic E-state index is 13.7. The van der Waals surface area contributed by atoms with E-state index in [0.717, 1.165) is 27.8 Å². The molecule has 0 bridgehead atoms. The van der Waals surface area contributed by atoms with Crippen molar-refractivity contribution in [1.82, 2.24) is 0 Å². The Morgan fingerprint density at radius 2 is 1.81 bits per heavy atom. The second-order valence-corrected chi connectivity index (χ2v) is 6.80. The molecular weight excluding hydrogens is 351 g/mol. The summed E-state index contributed by atoms with van der Waals surface area (Å²) in [5.74, 6) is 0.157. The van der Waals surface area contributed by atoms with Gasteiger partial charge in [-0.25, -0.2) is 4.39 Å². The van der Waals surface area contributed by atoms with Crippen molar-refractivity contribution < 1.29 is 8.81 Å². The van der Waals surface area contributed by atoms with E-state index >= 15 is 0 Å². The summed E-state index contributed by atoms with van der Waals surface area (Å²) in [6, 6.07) is 15.9. The van der Waals surface area contributed by atoms with Crippen LogP contribution in [0.3, 0.4) is 0 Å². The van der Waals surface area contributed by atoms with Crippen molar-refractivity contribution in [3.8, 4) is 22.5 Å². The molecule has 1 aliphatic heterocycles. The topological polar surface area (TPSA) is 40.2 Å². The van der Waals surface area contributed by atoms with E-state index in [2.05, 4.69) is 0 Å². The second kappa shape index (κ2) is 6.15. The third-order valence-electron chi connectivity index (χ3n) is 4.43. The van der Waals surface area contributed by atoms with E-state index in [9.17, 15) is 4.39 Å². The van der Waals surface area contributed by atoms with Gasteiger partial charge >= 0.3 is 0 Å². The van der Waals surface area contributed by atoms with Crippen LogP contribution in [0, 0.1) is 11.2 Å². The van der Waals surface area contributed by atoms with Gasteiger partial charge in [-0.15, -0.1) is 0 Å². The highest BCUT2D eigenvalue weighted by Gasteiger charge is 2.18. The monoisotopic (exact) mass is 366 g/mol. The molecule has 0 saturated carbocycles. The molecule has 2 aromatic rings. The van der Waals surface area contributed by atoms with Gasteiger partial charge in [0.25, 0.3) is 0 Å². The Balaban J connectivity index is 2.13. The molecule has 0 atom stereocenters. The first-order valence-corrected chi connectivity index (χ1v) is 8.50. The number of hydrogen-bond donors (Lipinski definition) is 1. The summed E-state index contributed by atoms with van der Waals surface area (Å²) >= 11 is 6.02. The SMILES string of the molecule is CN(C)c1ccc2c(-c3ccc(F)c(Cl)c3)c3ccc(=N)cc-3oc2c1. The molecule has 0 aromatic heterocycles. The van der Waals surface area contributed by atoms with Gasteiger partial charge < -0.3 is 14.7 Å². The van der Waals surface area contributed by atoms with Crippen LogP contribution in [0.1, 0.15) is 0 Å². The molecule has 2 aliphatic rings. The fraction of sp³-hybridized carbons (Fsp3) is 0.0952. The number of fused-ring (bicyclic) bond motifs is 2. The molecule has 1 aliphatic carbocycles. The predicted molar refractivity (Wildman–Crippen MR) is 103 cm³/mol. The van der Waals surface area contributed by atoms with Gasteiger partial charge in [-0.1, -0.05) is 17.7 Å². The number of nitrogens with one attached hydrogen (secondary N) is 1. The summed E-state index contributed by atoms with van der Waals surface area (Å²) < 4.78 is 19.7. The summed E-state index contributed by atoms with van der Waals surface area (Å²) in [5, 5.41) is 9.24. The highest BCUT2D eigenvalue weighted by molar-refractivity contribution is 6.31. The van der Waals surface area contributed by atoms with E-state index < -0.39 is 5.82 Å². The average Bonchev–Trinajstić information content (AvgIpc) is 2.61. The molecule has 0 fully saturated rings. The third kappa shape index (κ3) is 2.72. The fourth-order valence-corrected chi connectivity index (χ4v) is 3.30. The van der Waals surface area contributed by atoms with E-state index in [4.69, 9.17) is 21.4 Å². The molecule has 0 saturated heterocycles. The number of halogens is 2. The van der Waals surface area contributed by atoms with Crippen LogP contribution in [0.15, 0.2) is 59.0 Å². The summed E-state index contributed by atoms with van der Waals surface area (Å²) in [4.78, 5) is 1.99. The van der Waals surface area contributed by atoms with Crippen molar-refractivity contribution in [2.45, 2.75) is 0 Å². The normalized spacial score (nSPS) is 11.2. The molecule has 0 spiro atoms. The number of benzene rings is 3. The van der Waals surface area contributed by atoms with E-state index in [1.807, 2.05) is 43.3 Å². The number of anilines is 1. The number of rotatable bonds is 2. The highest BCUT2D eigenvalue weighted by Crippen LogP contribution is 2.41. The largest absolute Gasteiger partial charge is 0.456 e. The van der Waals surface area contributed by atoms with E-state index in [1.165, 1.54) is 6.07 Å². The predicted octanol–water partition coefficient (Wildman–Crippen LogP) is 5.54. The lowest BCUT2D eigenvalue weighted by Crippen LogP contribution is -2.08. The van der Waals surface area contributed by atoms with E-state index in [1.54, 1.807) is 24.3 Å². The molecule has 4 rings (SSSR count). The second-order valence-electron chi connectivity index (χ2n) is 6.39. The quantitative estimate of drug-likeness (QED) is 0.473. The van der Waals surface area contributed by atoms with Crippen molar-refractivity contribution in [2.24, 2.45) is 0 Å². The molecule has 0 unspecified atom stereocenters. The molecule has 0 radical (unpaired) electrons. The molecule has 5 heteroatoms. The van der Waals surface area contributed by atoms with Gasteiger partial charge in [-0.2, -0.15) is 0 Å². The minimum Gasteiger partial charge on any atom is -0.456 e. The Kier molecular flexibility index (Phi) is 3.93. The minimum atomic E-state index is -0.451. The van der Waals surface area contributed by atoms with Crippen LogP contribution in [-0.4, -0.2) is 14.1 Å². The fourth-order valence-electron chi connectivity index (χ4n) is 3.12. The zero-order valence-electron chi connectivity index (χ0n) is 14.3. The van der Waals surface area contributed by atoms with Crippen molar-refractivity contribution in [3.63, 3.8) is 0 Å². The smallest absolute Gasteiger partial charge is 0.141 e. The van der Waals surface area contributed by atoms with Crippen molar-refractivity contribution in [1.29, 1.82) is 5.41 Å². The van der Waals surface area contributed by atoms with Gasteiger partial charge in [0.15, 0.2) is 0 Å². The summed E-state index contributed by atoms with van der Waals surface area (Å²) in [6.07, 6.45) is 0. The Morgan fingerprint density at radius 1 is 1.00 bits per heavy atom. The molecule has 1 N–H and O–H groups in total. The van der Waals surface area contributed by atoms with Crippen molar-refractivity contribution >= 4 is 28.3 Å². The molecule has 0 amide bonds. The highest BCUT2D eigenvalue weighted by atomic mass is 35.5. The van der Waals surface area contributed by atoms with Gasteiger partial charge in [0.2, 0.25) is 0 Å². The van der Waals surface area contributed by atoms with Gasteiger partial charge in [0, 0.05) is 48.4 Å².